The van der Waals surface area contributed by atoms with E-state index in [1.807, 2.05) is 0 Å². The average Bonchev–Trinajstić information content (AvgIpc) is 2.11. The van der Waals surface area contributed by atoms with Crippen molar-refractivity contribution in [1.29, 1.82) is 0 Å². The minimum absolute atomic E-state index is 0.0309. The van der Waals surface area contributed by atoms with Gasteiger partial charge in [0.25, 0.3) is 0 Å². The molecule has 0 spiro atoms. The summed E-state index contributed by atoms with van der Waals surface area (Å²) in [5.74, 6) is 0. The fourth-order valence-corrected chi connectivity index (χ4v) is 2.25. The van der Waals surface area contributed by atoms with Crippen LogP contribution in [0.4, 0.5) is 0 Å². The van der Waals surface area contributed by atoms with Crippen LogP contribution in [0, 0.1) is 0 Å². The molecule has 2 unspecified atom stereocenters. The summed E-state index contributed by atoms with van der Waals surface area (Å²) in [5, 5.41) is 4.53. The second-order valence-electron chi connectivity index (χ2n) is 2.78. The van der Waals surface area contributed by atoms with Gasteiger partial charge >= 0.3 is 0 Å². The Morgan fingerprint density at radius 3 is 2.10 bits per heavy atom. The van der Waals surface area contributed by atoms with Crippen molar-refractivity contribution in [3.8, 4) is 0 Å². The Bertz CT molecular complexity index is 212. The lowest BCUT2D eigenvalue weighted by Crippen LogP contribution is -2.27. The first-order chi connectivity index (χ1) is 4.50. The molecule has 0 aromatic heterocycles. The van der Waals surface area contributed by atoms with Crippen molar-refractivity contribution in [3.63, 3.8) is 0 Å². The third-order valence-electron chi connectivity index (χ3n) is 1.89. The van der Waals surface area contributed by atoms with E-state index in [2.05, 4.69) is 0 Å². The molecular weight excluding hydrogens is 152 g/mol. The summed E-state index contributed by atoms with van der Waals surface area (Å²) >= 11 is 0. The first-order valence-corrected chi connectivity index (χ1v) is 4.88. The molecule has 2 atom stereocenters. The molecule has 0 aliphatic heterocycles. The summed E-state index contributed by atoms with van der Waals surface area (Å²) < 4.78 is 21.4. The van der Waals surface area contributed by atoms with E-state index in [0.717, 1.165) is 6.42 Å². The fraction of sp³-hybridized carbons (Fsp3) is 1.00. The number of nitrogens with two attached hydrogens (primary N) is 2. The summed E-state index contributed by atoms with van der Waals surface area (Å²) in [4.78, 5) is 0. The highest BCUT2D eigenvalue weighted by Gasteiger charge is 2.29. The van der Waals surface area contributed by atoms with Gasteiger partial charge in [0, 0.05) is 6.04 Å². The molecule has 0 aromatic carbocycles. The minimum Gasteiger partial charge on any atom is -0.328 e. The molecule has 1 fully saturated rings. The van der Waals surface area contributed by atoms with E-state index in [-0.39, 0.29) is 11.3 Å². The van der Waals surface area contributed by atoms with Crippen LogP contribution in [0.25, 0.3) is 0 Å². The smallest absolute Gasteiger partial charge is 0.212 e. The average molecular weight is 164 g/mol. The molecule has 0 radical (unpaired) electrons. The Morgan fingerprint density at radius 1 is 1.30 bits per heavy atom. The third-order valence-corrected chi connectivity index (χ3v) is 3.25. The summed E-state index contributed by atoms with van der Waals surface area (Å²) in [5.41, 5.74) is 5.50. The summed E-state index contributed by atoms with van der Waals surface area (Å²) in [6, 6.07) is 0.0309. The Hall–Kier alpha value is -0.130. The Labute approximate surface area is 60.6 Å². The van der Waals surface area contributed by atoms with Crippen molar-refractivity contribution in [3.05, 3.63) is 0 Å². The van der Waals surface area contributed by atoms with Gasteiger partial charge in [0.2, 0.25) is 10.0 Å². The molecule has 60 valence electrons. The Morgan fingerprint density at radius 2 is 1.90 bits per heavy atom. The largest absolute Gasteiger partial charge is 0.328 e. The van der Waals surface area contributed by atoms with E-state index < -0.39 is 10.0 Å². The van der Waals surface area contributed by atoms with Crippen LogP contribution in [-0.4, -0.2) is 19.7 Å². The van der Waals surface area contributed by atoms with Crippen LogP contribution in [0.2, 0.25) is 0 Å². The minimum atomic E-state index is -3.32. The topological polar surface area (TPSA) is 86.2 Å². The summed E-state index contributed by atoms with van der Waals surface area (Å²) in [6.45, 7) is 0. The molecule has 0 heterocycles. The van der Waals surface area contributed by atoms with Gasteiger partial charge in [0.1, 0.15) is 0 Å². The molecule has 1 aliphatic carbocycles. The molecule has 0 amide bonds. The normalized spacial score (nSPS) is 34.6. The monoisotopic (exact) mass is 164 g/mol. The molecule has 4 nitrogen and oxygen atoms in total. The molecule has 1 aliphatic rings. The molecule has 5 heteroatoms. The van der Waals surface area contributed by atoms with E-state index in [9.17, 15) is 8.42 Å². The van der Waals surface area contributed by atoms with E-state index in [1.54, 1.807) is 0 Å². The van der Waals surface area contributed by atoms with Gasteiger partial charge in [-0.2, -0.15) is 0 Å². The Kier molecular flexibility index (Phi) is 1.98. The maximum absolute atomic E-state index is 10.7. The van der Waals surface area contributed by atoms with E-state index in [0.29, 0.717) is 12.8 Å². The first-order valence-electron chi connectivity index (χ1n) is 3.27. The van der Waals surface area contributed by atoms with Crippen molar-refractivity contribution in [2.24, 2.45) is 10.9 Å². The molecular formula is C5H12N2O2S. The fourth-order valence-electron chi connectivity index (χ4n) is 1.27. The van der Waals surface area contributed by atoms with Gasteiger partial charge in [0.15, 0.2) is 0 Å². The quantitative estimate of drug-likeness (QED) is 0.529. The van der Waals surface area contributed by atoms with E-state index in [4.69, 9.17) is 10.9 Å². The van der Waals surface area contributed by atoms with Crippen molar-refractivity contribution < 1.29 is 8.42 Å². The second-order valence-corrected chi connectivity index (χ2v) is 4.63. The van der Waals surface area contributed by atoms with Gasteiger partial charge < -0.3 is 5.73 Å². The molecule has 1 saturated carbocycles. The summed E-state index contributed by atoms with van der Waals surface area (Å²) in [6.07, 6.45) is 1.93. The van der Waals surface area contributed by atoms with Crippen LogP contribution in [-0.2, 0) is 10.0 Å². The number of primary sulfonamides is 1. The van der Waals surface area contributed by atoms with Crippen LogP contribution in [0.1, 0.15) is 19.3 Å². The van der Waals surface area contributed by atoms with E-state index in [1.165, 1.54) is 0 Å². The third kappa shape index (κ3) is 1.68. The van der Waals surface area contributed by atoms with Crippen molar-refractivity contribution in [2.75, 3.05) is 0 Å². The Balaban J connectivity index is 2.62. The molecule has 0 aromatic rings. The maximum atomic E-state index is 10.7. The van der Waals surface area contributed by atoms with Gasteiger partial charge in [-0.1, -0.05) is 0 Å². The predicted octanol–water partition coefficient (Wildman–Crippen LogP) is -0.845. The molecule has 0 bridgehead atoms. The van der Waals surface area contributed by atoms with Gasteiger partial charge in [-0.25, -0.2) is 13.6 Å². The lowest BCUT2D eigenvalue weighted by Gasteiger charge is -2.04. The highest BCUT2D eigenvalue weighted by Crippen LogP contribution is 2.21. The second kappa shape index (κ2) is 2.48. The number of hydrogen-bond donors (Lipinski definition) is 2. The van der Waals surface area contributed by atoms with Gasteiger partial charge in [0.05, 0.1) is 5.25 Å². The number of hydrogen-bond acceptors (Lipinski definition) is 3. The molecule has 10 heavy (non-hydrogen) atoms. The van der Waals surface area contributed by atoms with Crippen LogP contribution in [0.15, 0.2) is 0 Å². The van der Waals surface area contributed by atoms with Crippen LogP contribution < -0.4 is 10.9 Å². The standard InChI is InChI=1S/C5H12N2O2S/c6-4-1-2-5(3-4)10(7,8)9/h4-5H,1-3,6H2,(H2,7,8,9). The molecule has 4 N–H and O–H groups in total. The van der Waals surface area contributed by atoms with Crippen LogP contribution >= 0.6 is 0 Å². The predicted molar refractivity (Wildman–Crippen MR) is 38.7 cm³/mol. The van der Waals surface area contributed by atoms with Gasteiger partial charge in [-0.05, 0) is 19.3 Å². The van der Waals surface area contributed by atoms with Crippen molar-refractivity contribution in [2.45, 2.75) is 30.6 Å². The molecule has 1 rings (SSSR count). The number of rotatable bonds is 1. The zero-order valence-corrected chi connectivity index (χ0v) is 6.47. The zero-order chi connectivity index (χ0) is 7.78. The summed E-state index contributed by atoms with van der Waals surface area (Å²) in [7, 11) is -3.32. The first kappa shape index (κ1) is 7.97. The van der Waals surface area contributed by atoms with Crippen LogP contribution in [0.5, 0.6) is 0 Å². The van der Waals surface area contributed by atoms with Gasteiger partial charge in [-0.15, -0.1) is 0 Å². The molecule has 0 saturated heterocycles. The number of sulfonamides is 1. The van der Waals surface area contributed by atoms with Crippen molar-refractivity contribution in [1.82, 2.24) is 0 Å². The van der Waals surface area contributed by atoms with E-state index >= 15 is 0 Å². The zero-order valence-electron chi connectivity index (χ0n) is 5.66. The van der Waals surface area contributed by atoms with Crippen LogP contribution in [0.3, 0.4) is 0 Å². The highest BCUT2D eigenvalue weighted by atomic mass is 32.2. The maximum Gasteiger partial charge on any atom is 0.212 e. The SMILES string of the molecule is NC1CCC(S(N)(=O)=O)C1. The highest BCUT2D eigenvalue weighted by molar-refractivity contribution is 7.89. The lowest BCUT2D eigenvalue weighted by atomic mass is 10.3. The van der Waals surface area contributed by atoms with Gasteiger partial charge in [-0.3, -0.25) is 0 Å². The lowest BCUT2D eigenvalue weighted by molar-refractivity contribution is 0.579. The van der Waals surface area contributed by atoms with Crippen molar-refractivity contribution >= 4 is 10.0 Å².